The van der Waals surface area contributed by atoms with Crippen molar-refractivity contribution in [3.05, 3.63) is 29.8 Å². The highest BCUT2D eigenvalue weighted by atomic mass is 19.3. The van der Waals surface area contributed by atoms with E-state index in [1.807, 2.05) is 0 Å². The molecule has 0 spiro atoms. The zero-order chi connectivity index (χ0) is 15.7. The molecule has 0 aromatic heterocycles. The Labute approximate surface area is 122 Å². The van der Waals surface area contributed by atoms with Gasteiger partial charge < -0.3 is 19.5 Å². The topological polar surface area (TPSA) is 56.8 Å². The van der Waals surface area contributed by atoms with Crippen molar-refractivity contribution in [3.8, 4) is 5.75 Å². The predicted octanol–water partition coefficient (Wildman–Crippen LogP) is 2.13. The van der Waals surface area contributed by atoms with Gasteiger partial charge in [0, 0.05) is 7.11 Å². The molecule has 0 aliphatic rings. The number of ether oxygens (including phenoxy) is 3. The number of hydrogen-bond acceptors (Lipinski definition) is 4. The molecule has 1 rings (SSSR count). The van der Waals surface area contributed by atoms with Gasteiger partial charge in [0.2, 0.25) is 5.91 Å². The third kappa shape index (κ3) is 7.01. The maximum atomic E-state index is 12.0. The van der Waals surface area contributed by atoms with E-state index in [0.717, 1.165) is 5.56 Å². The Morgan fingerprint density at radius 3 is 2.48 bits per heavy atom. The van der Waals surface area contributed by atoms with Crippen LogP contribution in [0.25, 0.3) is 0 Å². The summed E-state index contributed by atoms with van der Waals surface area (Å²) in [6.07, 6.45) is 0. The molecule has 0 saturated carbocycles. The van der Waals surface area contributed by atoms with Crippen molar-refractivity contribution in [3.63, 3.8) is 0 Å². The van der Waals surface area contributed by atoms with Crippen molar-refractivity contribution in [2.45, 2.75) is 19.6 Å². The van der Waals surface area contributed by atoms with Gasteiger partial charge in [0.15, 0.2) is 0 Å². The van der Waals surface area contributed by atoms with Crippen molar-refractivity contribution in [2.75, 3.05) is 26.9 Å². The summed E-state index contributed by atoms with van der Waals surface area (Å²) < 4.78 is 38.2. The predicted molar refractivity (Wildman–Crippen MR) is 72.3 cm³/mol. The Morgan fingerprint density at radius 1 is 1.24 bits per heavy atom. The van der Waals surface area contributed by atoms with Crippen molar-refractivity contribution in [2.24, 2.45) is 0 Å². The van der Waals surface area contributed by atoms with Crippen LogP contribution in [-0.2, 0) is 14.3 Å². The van der Waals surface area contributed by atoms with E-state index in [-0.39, 0.29) is 24.3 Å². The SMILES string of the molecule is COCCOCC(=O)N[C@H](C)c1ccc(OC(F)F)cc1. The van der Waals surface area contributed by atoms with Gasteiger partial charge in [-0.25, -0.2) is 0 Å². The van der Waals surface area contributed by atoms with Crippen LogP contribution in [0.15, 0.2) is 24.3 Å². The Kier molecular flexibility index (Phi) is 7.63. The minimum Gasteiger partial charge on any atom is -0.435 e. The Balaban J connectivity index is 2.40. The summed E-state index contributed by atoms with van der Waals surface area (Å²) in [6.45, 7) is -0.347. The second-order valence-electron chi connectivity index (χ2n) is 4.28. The van der Waals surface area contributed by atoms with Gasteiger partial charge in [-0.05, 0) is 24.6 Å². The van der Waals surface area contributed by atoms with Gasteiger partial charge in [0.05, 0.1) is 19.3 Å². The molecule has 0 saturated heterocycles. The fraction of sp³-hybridized carbons (Fsp3) is 0.500. The van der Waals surface area contributed by atoms with E-state index in [4.69, 9.17) is 9.47 Å². The first-order valence-electron chi connectivity index (χ1n) is 6.43. The summed E-state index contributed by atoms with van der Waals surface area (Å²) in [5.41, 5.74) is 0.779. The molecule has 0 heterocycles. The van der Waals surface area contributed by atoms with E-state index in [0.29, 0.717) is 13.2 Å². The number of nitrogens with one attached hydrogen (secondary N) is 1. The van der Waals surface area contributed by atoms with E-state index in [2.05, 4.69) is 10.1 Å². The van der Waals surface area contributed by atoms with Crippen LogP contribution < -0.4 is 10.1 Å². The van der Waals surface area contributed by atoms with E-state index >= 15 is 0 Å². The highest BCUT2D eigenvalue weighted by Crippen LogP contribution is 2.19. The third-order valence-corrected chi connectivity index (χ3v) is 2.65. The lowest BCUT2D eigenvalue weighted by molar-refractivity contribution is -0.126. The Hall–Kier alpha value is -1.73. The number of carbonyl (C=O) groups is 1. The number of amides is 1. The number of rotatable bonds is 9. The van der Waals surface area contributed by atoms with Gasteiger partial charge in [-0.2, -0.15) is 8.78 Å². The fourth-order valence-corrected chi connectivity index (χ4v) is 1.61. The number of alkyl halides is 2. The van der Waals surface area contributed by atoms with Crippen LogP contribution in [0.1, 0.15) is 18.5 Å². The fourth-order valence-electron chi connectivity index (χ4n) is 1.61. The first-order valence-corrected chi connectivity index (χ1v) is 6.43. The van der Waals surface area contributed by atoms with Crippen LogP contribution >= 0.6 is 0 Å². The normalized spacial score (nSPS) is 12.2. The molecule has 0 bridgehead atoms. The average Bonchev–Trinajstić information content (AvgIpc) is 2.43. The van der Waals surface area contributed by atoms with E-state index in [9.17, 15) is 13.6 Å². The lowest BCUT2D eigenvalue weighted by Crippen LogP contribution is -2.30. The largest absolute Gasteiger partial charge is 0.435 e. The lowest BCUT2D eigenvalue weighted by atomic mass is 10.1. The van der Waals surface area contributed by atoms with E-state index in [1.165, 1.54) is 12.1 Å². The molecule has 0 aliphatic carbocycles. The monoisotopic (exact) mass is 303 g/mol. The highest BCUT2D eigenvalue weighted by molar-refractivity contribution is 5.77. The van der Waals surface area contributed by atoms with E-state index in [1.54, 1.807) is 26.2 Å². The molecule has 118 valence electrons. The number of hydrogen-bond donors (Lipinski definition) is 1. The molecule has 0 radical (unpaired) electrons. The highest BCUT2D eigenvalue weighted by Gasteiger charge is 2.10. The van der Waals surface area contributed by atoms with Crippen LogP contribution in [0.5, 0.6) is 5.75 Å². The molecule has 7 heteroatoms. The van der Waals surface area contributed by atoms with Crippen molar-refractivity contribution < 1.29 is 27.8 Å². The molecule has 0 aliphatic heterocycles. The Morgan fingerprint density at radius 2 is 1.90 bits per heavy atom. The number of benzene rings is 1. The molecule has 0 fully saturated rings. The van der Waals surface area contributed by atoms with Gasteiger partial charge in [-0.3, -0.25) is 4.79 Å². The molecule has 1 N–H and O–H groups in total. The molecule has 0 unspecified atom stereocenters. The average molecular weight is 303 g/mol. The zero-order valence-corrected chi connectivity index (χ0v) is 12.0. The first-order chi connectivity index (χ1) is 10.0. The van der Waals surface area contributed by atoms with Crippen LogP contribution in [0.4, 0.5) is 8.78 Å². The molecular weight excluding hydrogens is 284 g/mol. The van der Waals surface area contributed by atoms with Crippen molar-refractivity contribution in [1.29, 1.82) is 0 Å². The molecule has 5 nitrogen and oxygen atoms in total. The van der Waals surface area contributed by atoms with Gasteiger partial charge in [0.1, 0.15) is 12.4 Å². The summed E-state index contributed by atoms with van der Waals surface area (Å²) in [6, 6.07) is 5.84. The quantitative estimate of drug-likeness (QED) is 0.710. The van der Waals surface area contributed by atoms with Crippen LogP contribution in [0, 0.1) is 0 Å². The lowest BCUT2D eigenvalue weighted by Gasteiger charge is -2.15. The minimum absolute atomic E-state index is 0.0553. The van der Waals surface area contributed by atoms with Gasteiger partial charge in [-0.1, -0.05) is 12.1 Å². The molecule has 1 atom stereocenters. The summed E-state index contributed by atoms with van der Waals surface area (Å²) in [5.74, 6) is -0.179. The first kappa shape index (κ1) is 17.3. The summed E-state index contributed by atoms with van der Waals surface area (Å²) in [7, 11) is 1.55. The third-order valence-electron chi connectivity index (χ3n) is 2.65. The number of halogens is 2. The maximum absolute atomic E-state index is 12.0. The summed E-state index contributed by atoms with van der Waals surface area (Å²) >= 11 is 0. The number of carbonyl (C=O) groups excluding carboxylic acids is 1. The smallest absolute Gasteiger partial charge is 0.387 e. The minimum atomic E-state index is -2.85. The van der Waals surface area contributed by atoms with Gasteiger partial charge in [-0.15, -0.1) is 0 Å². The molecule has 1 aromatic rings. The Bertz CT molecular complexity index is 425. The molecule has 21 heavy (non-hydrogen) atoms. The van der Waals surface area contributed by atoms with Crippen LogP contribution in [-0.4, -0.2) is 39.4 Å². The summed E-state index contributed by atoms with van der Waals surface area (Å²) in [4.78, 5) is 11.6. The van der Waals surface area contributed by atoms with Crippen LogP contribution in [0.2, 0.25) is 0 Å². The van der Waals surface area contributed by atoms with E-state index < -0.39 is 6.61 Å². The molecule has 1 amide bonds. The van der Waals surface area contributed by atoms with Gasteiger partial charge in [0.25, 0.3) is 0 Å². The standard InChI is InChI=1S/C14H19F2NO4/c1-10(17-13(18)9-20-8-7-19-2)11-3-5-12(6-4-11)21-14(15)16/h3-6,10,14H,7-9H2,1-2H3,(H,17,18)/t10-/m1/s1. The van der Waals surface area contributed by atoms with Crippen molar-refractivity contribution >= 4 is 5.91 Å². The zero-order valence-electron chi connectivity index (χ0n) is 12.0. The van der Waals surface area contributed by atoms with Gasteiger partial charge >= 0.3 is 6.61 Å². The molecular formula is C14H19F2NO4. The molecule has 1 aromatic carbocycles. The second kappa shape index (κ2) is 9.25. The second-order valence-corrected chi connectivity index (χ2v) is 4.28. The maximum Gasteiger partial charge on any atom is 0.387 e. The van der Waals surface area contributed by atoms with Crippen LogP contribution in [0.3, 0.4) is 0 Å². The number of methoxy groups -OCH3 is 1. The van der Waals surface area contributed by atoms with Crippen molar-refractivity contribution in [1.82, 2.24) is 5.32 Å². The summed E-state index contributed by atoms with van der Waals surface area (Å²) in [5, 5.41) is 2.74.